The van der Waals surface area contributed by atoms with Gasteiger partial charge in [0.1, 0.15) is 11.3 Å². The first-order valence-corrected chi connectivity index (χ1v) is 5.09. The van der Waals surface area contributed by atoms with Gasteiger partial charge in [-0.2, -0.15) is 0 Å². The van der Waals surface area contributed by atoms with Crippen LogP contribution in [0.2, 0.25) is 0 Å². The Morgan fingerprint density at radius 2 is 2.13 bits per heavy atom. The standard InChI is InChI=1S/C13H15NO/c1-9-10(2)15-13-11(6-4-8-14)5-3-7-12(9)13/h3-7H,8,14H2,1-2H3/b6-4+. The largest absolute Gasteiger partial charge is 0.460 e. The highest BCUT2D eigenvalue weighted by molar-refractivity contribution is 5.89. The number of hydrogen-bond donors (Lipinski definition) is 1. The fourth-order valence-electron chi connectivity index (χ4n) is 1.71. The van der Waals surface area contributed by atoms with Crippen LogP contribution in [-0.2, 0) is 0 Å². The van der Waals surface area contributed by atoms with E-state index in [2.05, 4.69) is 13.0 Å². The molecule has 2 aromatic rings. The van der Waals surface area contributed by atoms with Crippen LogP contribution in [0.3, 0.4) is 0 Å². The first kappa shape index (κ1) is 9.99. The first-order valence-electron chi connectivity index (χ1n) is 5.09. The Morgan fingerprint density at radius 1 is 1.33 bits per heavy atom. The fraction of sp³-hybridized carbons (Fsp3) is 0.231. The molecule has 0 aliphatic carbocycles. The molecule has 2 nitrogen and oxygen atoms in total. The van der Waals surface area contributed by atoms with Crippen molar-refractivity contribution in [1.29, 1.82) is 0 Å². The van der Waals surface area contributed by atoms with Crippen LogP contribution in [0.4, 0.5) is 0 Å². The van der Waals surface area contributed by atoms with Gasteiger partial charge in [0, 0.05) is 17.5 Å². The maximum absolute atomic E-state index is 5.73. The van der Waals surface area contributed by atoms with Gasteiger partial charge in [-0.1, -0.05) is 30.4 Å². The lowest BCUT2D eigenvalue weighted by Gasteiger charge is -1.95. The summed E-state index contributed by atoms with van der Waals surface area (Å²) in [5.41, 5.74) is 8.70. The lowest BCUT2D eigenvalue weighted by atomic mass is 10.1. The minimum Gasteiger partial charge on any atom is -0.460 e. The van der Waals surface area contributed by atoms with Crippen LogP contribution in [0.5, 0.6) is 0 Å². The summed E-state index contributed by atoms with van der Waals surface area (Å²) >= 11 is 0. The average Bonchev–Trinajstić information content (AvgIpc) is 2.53. The summed E-state index contributed by atoms with van der Waals surface area (Å²) in [7, 11) is 0. The molecule has 78 valence electrons. The fourth-order valence-corrected chi connectivity index (χ4v) is 1.71. The number of furan rings is 1. The monoisotopic (exact) mass is 201 g/mol. The van der Waals surface area contributed by atoms with Gasteiger partial charge in [-0.25, -0.2) is 0 Å². The van der Waals surface area contributed by atoms with Gasteiger partial charge in [0.05, 0.1) is 0 Å². The molecule has 0 amide bonds. The van der Waals surface area contributed by atoms with Gasteiger partial charge in [-0.15, -0.1) is 0 Å². The molecule has 0 atom stereocenters. The third kappa shape index (κ3) is 1.68. The molecule has 0 unspecified atom stereocenters. The molecule has 0 saturated carbocycles. The zero-order chi connectivity index (χ0) is 10.8. The van der Waals surface area contributed by atoms with Crippen molar-refractivity contribution in [3.8, 4) is 0 Å². The van der Waals surface area contributed by atoms with Crippen LogP contribution in [0.25, 0.3) is 17.0 Å². The molecule has 0 radical (unpaired) electrons. The molecule has 0 bridgehead atoms. The number of nitrogens with two attached hydrogens (primary N) is 1. The van der Waals surface area contributed by atoms with E-state index in [4.69, 9.17) is 10.2 Å². The van der Waals surface area contributed by atoms with Crippen molar-refractivity contribution < 1.29 is 4.42 Å². The van der Waals surface area contributed by atoms with Gasteiger partial charge in [-0.05, 0) is 19.4 Å². The van der Waals surface area contributed by atoms with Crippen LogP contribution in [-0.4, -0.2) is 6.54 Å². The maximum Gasteiger partial charge on any atom is 0.141 e. The second-order valence-corrected chi connectivity index (χ2v) is 3.65. The molecule has 15 heavy (non-hydrogen) atoms. The lowest BCUT2D eigenvalue weighted by Crippen LogP contribution is -1.91. The Labute approximate surface area is 89.4 Å². The smallest absolute Gasteiger partial charge is 0.141 e. The van der Waals surface area contributed by atoms with Crippen molar-refractivity contribution in [2.45, 2.75) is 13.8 Å². The van der Waals surface area contributed by atoms with E-state index in [0.29, 0.717) is 6.54 Å². The van der Waals surface area contributed by atoms with Gasteiger partial charge in [-0.3, -0.25) is 0 Å². The van der Waals surface area contributed by atoms with Crippen molar-refractivity contribution in [2.75, 3.05) is 6.54 Å². The first-order chi connectivity index (χ1) is 7.24. The predicted molar refractivity (Wildman–Crippen MR) is 63.8 cm³/mol. The Hall–Kier alpha value is -1.54. The number of aryl methyl sites for hydroxylation is 2. The molecule has 1 heterocycles. The number of benzene rings is 1. The summed E-state index contributed by atoms with van der Waals surface area (Å²) in [4.78, 5) is 0. The highest BCUT2D eigenvalue weighted by Crippen LogP contribution is 2.27. The van der Waals surface area contributed by atoms with Gasteiger partial charge >= 0.3 is 0 Å². The second-order valence-electron chi connectivity index (χ2n) is 3.65. The molecule has 0 saturated heterocycles. The Kier molecular flexibility index (Phi) is 2.60. The van der Waals surface area contributed by atoms with Gasteiger partial charge < -0.3 is 10.2 Å². The van der Waals surface area contributed by atoms with E-state index in [0.717, 1.165) is 16.9 Å². The van der Waals surface area contributed by atoms with E-state index in [1.807, 2.05) is 31.2 Å². The third-order valence-corrected chi connectivity index (χ3v) is 2.67. The van der Waals surface area contributed by atoms with E-state index < -0.39 is 0 Å². The highest BCUT2D eigenvalue weighted by Gasteiger charge is 2.08. The molecule has 1 aromatic carbocycles. The Balaban J connectivity index is 2.66. The summed E-state index contributed by atoms with van der Waals surface area (Å²) in [6.07, 6.45) is 3.94. The van der Waals surface area contributed by atoms with Crippen LogP contribution in [0.15, 0.2) is 28.7 Å². The Morgan fingerprint density at radius 3 is 2.87 bits per heavy atom. The summed E-state index contributed by atoms with van der Waals surface area (Å²) in [5.74, 6) is 0.985. The molecular formula is C13H15NO. The molecule has 2 rings (SSSR count). The van der Waals surface area contributed by atoms with E-state index in [1.165, 1.54) is 10.9 Å². The topological polar surface area (TPSA) is 39.2 Å². The molecule has 2 heteroatoms. The third-order valence-electron chi connectivity index (χ3n) is 2.67. The van der Waals surface area contributed by atoms with E-state index >= 15 is 0 Å². The molecule has 2 N–H and O–H groups in total. The van der Waals surface area contributed by atoms with Crippen LogP contribution < -0.4 is 5.73 Å². The SMILES string of the molecule is Cc1oc2c(/C=C/CN)cccc2c1C. The molecule has 0 spiro atoms. The summed E-state index contributed by atoms with van der Waals surface area (Å²) in [6, 6.07) is 6.16. The van der Waals surface area contributed by atoms with Crippen molar-refractivity contribution in [2.24, 2.45) is 5.73 Å². The quantitative estimate of drug-likeness (QED) is 0.811. The number of fused-ring (bicyclic) bond motifs is 1. The Bertz CT molecular complexity index is 508. The minimum atomic E-state index is 0.551. The van der Waals surface area contributed by atoms with Crippen LogP contribution in [0, 0.1) is 13.8 Å². The maximum atomic E-state index is 5.73. The van der Waals surface area contributed by atoms with Crippen molar-refractivity contribution in [3.63, 3.8) is 0 Å². The molecular weight excluding hydrogens is 186 g/mol. The van der Waals surface area contributed by atoms with Crippen molar-refractivity contribution in [1.82, 2.24) is 0 Å². The van der Waals surface area contributed by atoms with Crippen LogP contribution >= 0.6 is 0 Å². The van der Waals surface area contributed by atoms with Gasteiger partial charge in [0.2, 0.25) is 0 Å². The van der Waals surface area contributed by atoms with E-state index in [-0.39, 0.29) is 0 Å². The summed E-state index contributed by atoms with van der Waals surface area (Å²) in [5, 5.41) is 1.19. The number of para-hydroxylation sites is 1. The van der Waals surface area contributed by atoms with Gasteiger partial charge in [0.15, 0.2) is 0 Å². The predicted octanol–water partition coefficient (Wildman–Crippen LogP) is 3.02. The van der Waals surface area contributed by atoms with Crippen molar-refractivity contribution >= 4 is 17.0 Å². The highest BCUT2D eigenvalue weighted by atomic mass is 16.3. The molecule has 0 fully saturated rings. The summed E-state index contributed by atoms with van der Waals surface area (Å²) < 4.78 is 5.73. The second kappa shape index (κ2) is 3.91. The van der Waals surface area contributed by atoms with E-state index in [9.17, 15) is 0 Å². The zero-order valence-electron chi connectivity index (χ0n) is 9.08. The summed E-state index contributed by atoms with van der Waals surface area (Å²) in [6.45, 7) is 4.62. The minimum absolute atomic E-state index is 0.551. The van der Waals surface area contributed by atoms with E-state index in [1.54, 1.807) is 0 Å². The van der Waals surface area contributed by atoms with Crippen molar-refractivity contribution in [3.05, 3.63) is 41.2 Å². The molecule has 0 aliphatic heterocycles. The zero-order valence-corrected chi connectivity index (χ0v) is 9.08. The number of rotatable bonds is 2. The van der Waals surface area contributed by atoms with Crippen LogP contribution in [0.1, 0.15) is 16.9 Å². The molecule has 1 aromatic heterocycles. The van der Waals surface area contributed by atoms with Gasteiger partial charge in [0.25, 0.3) is 0 Å². The normalized spacial score (nSPS) is 11.7. The molecule has 0 aliphatic rings. The number of hydrogen-bond acceptors (Lipinski definition) is 2. The average molecular weight is 201 g/mol. The lowest BCUT2D eigenvalue weighted by molar-refractivity contribution is 0.574.